The first-order valence-corrected chi connectivity index (χ1v) is 9.35. The number of carbonyl (C=O) groups excluding carboxylic acids is 2. The van der Waals surface area contributed by atoms with Crippen LogP contribution in [-0.2, 0) is 4.79 Å². The van der Waals surface area contributed by atoms with Crippen molar-refractivity contribution in [1.82, 2.24) is 20.6 Å². The number of rotatable bonds is 5. The van der Waals surface area contributed by atoms with E-state index < -0.39 is 11.8 Å². The zero-order valence-corrected chi connectivity index (χ0v) is 15.4. The van der Waals surface area contributed by atoms with E-state index in [-0.39, 0.29) is 17.3 Å². The predicted molar refractivity (Wildman–Crippen MR) is 97.3 cm³/mol. The number of benzene rings is 1. The number of furan rings is 1. The number of thioether (sulfide) groups is 1. The van der Waals surface area contributed by atoms with Crippen LogP contribution in [0.4, 0.5) is 4.39 Å². The highest BCUT2D eigenvalue weighted by atomic mass is 32.2. The lowest BCUT2D eigenvalue weighted by atomic mass is 10.3. The summed E-state index contributed by atoms with van der Waals surface area (Å²) in [6.45, 7) is 0. The Bertz CT molecular complexity index is 967. The minimum absolute atomic E-state index is 0.0319. The highest BCUT2D eigenvalue weighted by Crippen LogP contribution is 2.23. The van der Waals surface area contributed by atoms with Crippen molar-refractivity contribution in [3.8, 4) is 5.69 Å². The lowest BCUT2D eigenvalue weighted by Gasteiger charge is -2.04. The van der Waals surface area contributed by atoms with Gasteiger partial charge in [-0.3, -0.25) is 20.4 Å². The van der Waals surface area contributed by atoms with Gasteiger partial charge in [0.05, 0.1) is 17.7 Å². The smallest absolute Gasteiger partial charge is 0.305 e. The fraction of sp³-hybridized carbons (Fsp3) is 0.0667. The Kier molecular flexibility index (Phi) is 5.81. The number of hydrogen-bond donors (Lipinski definition) is 2. The normalized spacial score (nSPS) is 10.5. The summed E-state index contributed by atoms with van der Waals surface area (Å²) in [6, 6.07) is 8.81. The van der Waals surface area contributed by atoms with Crippen LogP contribution in [0.1, 0.15) is 10.6 Å². The third-order valence-electron chi connectivity index (χ3n) is 2.99. The van der Waals surface area contributed by atoms with Crippen LogP contribution in [0.15, 0.2) is 51.4 Å². The van der Waals surface area contributed by atoms with Crippen LogP contribution in [0, 0.1) is 9.77 Å². The Morgan fingerprint density at radius 1 is 1.27 bits per heavy atom. The van der Waals surface area contributed by atoms with Crippen LogP contribution in [0.2, 0.25) is 0 Å². The van der Waals surface area contributed by atoms with Gasteiger partial charge in [-0.25, -0.2) is 9.07 Å². The second-order valence-electron chi connectivity index (χ2n) is 4.79. The maximum atomic E-state index is 13.0. The Balaban J connectivity index is 1.54. The number of hydrazine groups is 1. The first-order valence-electron chi connectivity index (χ1n) is 7.14. The highest BCUT2D eigenvalue weighted by Gasteiger charge is 2.12. The first kappa shape index (κ1) is 18.3. The van der Waals surface area contributed by atoms with E-state index in [0.29, 0.717) is 14.0 Å². The van der Waals surface area contributed by atoms with Gasteiger partial charge >= 0.3 is 5.91 Å². The lowest BCUT2D eigenvalue weighted by Crippen LogP contribution is -2.42. The Morgan fingerprint density at radius 3 is 2.73 bits per heavy atom. The molecule has 0 fully saturated rings. The molecule has 0 saturated heterocycles. The number of carbonyl (C=O) groups is 2. The van der Waals surface area contributed by atoms with Gasteiger partial charge in [0, 0.05) is 0 Å². The van der Waals surface area contributed by atoms with Crippen molar-refractivity contribution in [3.05, 3.63) is 58.2 Å². The number of nitrogens with zero attached hydrogens (tertiary/aromatic N) is 2. The van der Waals surface area contributed by atoms with Crippen LogP contribution in [0.3, 0.4) is 0 Å². The van der Waals surface area contributed by atoms with Crippen LogP contribution < -0.4 is 10.9 Å². The third kappa shape index (κ3) is 4.56. The zero-order valence-electron chi connectivity index (χ0n) is 13.0. The van der Waals surface area contributed by atoms with E-state index in [2.05, 4.69) is 16.0 Å². The molecule has 2 amide bonds. The van der Waals surface area contributed by atoms with Gasteiger partial charge in [0.15, 0.2) is 14.1 Å². The molecule has 2 N–H and O–H groups in total. The average Bonchev–Trinajstić information content (AvgIpc) is 3.28. The molecule has 3 rings (SSSR count). The molecule has 1 aromatic carbocycles. The first-order chi connectivity index (χ1) is 12.5. The summed E-state index contributed by atoms with van der Waals surface area (Å²) >= 11 is 7.64. The molecule has 0 unspecified atom stereocenters. The highest BCUT2D eigenvalue weighted by molar-refractivity contribution is 8.01. The monoisotopic (exact) mass is 410 g/mol. The number of halogens is 1. The van der Waals surface area contributed by atoms with Gasteiger partial charge in [-0.1, -0.05) is 23.1 Å². The van der Waals surface area contributed by atoms with Crippen LogP contribution in [0.5, 0.6) is 0 Å². The molecule has 0 spiro atoms. The molecule has 3 aromatic rings. The summed E-state index contributed by atoms with van der Waals surface area (Å²) < 4.78 is 20.5. The molecule has 0 aliphatic heterocycles. The molecule has 0 radical (unpaired) electrons. The summed E-state index contributed by atoms with van der Waals surface area (Å²) in [6.07, 6.45) is 1.36. The predicted octanol–water partition coefficient (Wildman–Crippen LogP) is 2.95. The van der Waals surface area contributed by atoms with E-state index in [1.165, 1.54) is 52.2 Å². The van der Waals surface area contributed by atoms with E-state index in [0.717, 1.165) is 0 Å². The summed E-state index contributed by atoms with van der Waals surface area (Å²) in [7, 11) is 0. The Labute approximate surface area is 160 Å². The summed E-state index contributed by atoms with van der Waals surface area (Å²) in [5.74, 6) is -1.19. The van der Waals surface area contributed by atoms with Crippen molar-refractivity contribution >= 4 is 47.1 Å². The maximum absolute atomic E-state index is 13.0. The van der Waals surface area contributed by atoms with Crippen LogP contribution >= 0.6 is 35.3 Å². The molecule has 11 heteroatoms. The molecular weight excluding hydrogens is 399 g/mol. The quantitative estimate of drug-likeness (QED) is 0.382. The minimum Gasteiger partial charge on any atom is -0.459 e. The van der Waals surface area contributed by atoms with Crippen molar-refractivity contribution in [2.45, 2.75) is 4.34 Å². The Morgan fingerprint density at radius 2 is 2.04 bits per heavy atom. The summed E-state index contributed by atoms with van der Waals surface area (Å²) in [5, 5.41) is 4.31. The van der Waals surface area contributed by atoms with Gasteiger partial charge < -0.3 is 4.42 Å². The van der Waals surface area contributed by atoms with Crippen molar-refractivity contribution in [3.63, 3.8) is 0 Å². The Hall–Kier alpha value is -2.50. The second-order valence-corrected chi connectivity index (χ2v) is 7.64. The van der Waals surface area contributed by atoms with Gasteiger partial charge in [-0.15, -0.1) is 5.10 Å². The molecule has 0 aliphatic rings. The number of nitrogens with one attached hydrogen (secondary N) is 2. The molecular formula is C15H11FN4O3S3. The number of aromatic nitrogens is 2. The fourth-order valence-corrected chi connectivity index (χ4v) is 3.99. The van der Waals surface area contributed by atoms with Gasteiger partial charge in [0.1, 0.15) is 5.82 Å². The van der Waals surface area contributed by atoms with Gasteiger partial charge in [-0.05, 0) is 48.6 Å². The molecule has 26 heavy (non-hydrogen) atoms. The van der Waals surface area contributed by atoms with Crippen molar-refractivity contribution in [2.75, 3.05) is 5.75 Å². The van der Waals surface area contributed by atoms with Crippen LogP contribution in [-0.4, -0.2) is 27.3 Å². The van der Waals surface area contributed by atoms with E-state index in [4.69, 9.17) is 16.6 Å². The van der Waals surface area contributed by atoms with Crippen molar-refractivity contribution < 1.29 is 18.4 Å². The summed E-state index contributed by atoms with van der Waals surface area (Å²) in [5.41, 5.74) is 5.16. The van der Waals surface area contributed by atoms with Crippen LogP contribution in [0.25, 0.3) is 5.69 Å². The van der Waals surface area contributed by atoms with E-state index in [9.17, 15) is 14.0 Å². The van der Waals surface area contributed by atoms with E-state index in [1.54, 1.807) is 18.2 Å². The largest absolute Gasteiger partial charge is 0.459 e. The topological polar surface area (TPSA) is 89.2 Å². The minimum atomic E-state index is -0.551. The summed E-state index contributed by atoms with van der Waals surface area (Å²) in [4.78, 5) is 23.4. The maximum Gasteiger partial charge on any atom is 0.305 e. The molecule has 0 saturated carbocycles. The van der Waals surface area contributed by atoms with Gasteiger partial charge in [0.2, 0.25) is 5.91 Å². The lowest BCUT2D eigenvalue weighted by molar-refractivity contribution is -0.119. The van der Waals surface area contributed by atoms with E-state index in [1.807, 2.05) is 0 Å². The molecule has 0 bridgehead atoms. The van der Waals surface area contributed by atoms with Crippen molar-refractivity contribution in [1.29, 1.82) is 0 Å². The number of amides is 2. The molecule has 7 nitrogen and oxygen atoms in total. The van der Waals surface area contributed by atoms with Gasteiger partial charge in [-0.2, -0.15) is 0 Å². The third-order valence-corrected chi connectivity index (χ3v) is 5.35. The zero-order chi connectivity index (χ0) is 18.5. The second kappa shape index (κ2) is 8.25. The molecule has 134 valence electrons. The molecule has 2 heterocycles. The molecule has 0 aliphatic carbocycles. The fourth-order valence-electron chi connectivity index (χ4n) is 1.82. The molecule has 0 atom stereocenters. The standard InChI is InChI=1S/C15H11FN4O3S3/c16-9-3-5-10(6-4-9)20-15(24)26-14(19-20)25-8-12(21)17-18-13(22)11-2-1-7-23-11/h1-7H,8H2,(H,17,21)(H,18,22). The number of hydrogen-bond acceptors (Lipinski definition) is 7. The molecule has 2 aromatic heterocycles. The van der Waals surface area contributed by atoms with E-state index >= 15 is 0 Å². The SMILES string of the molecule is O=C(CSc1nn(-c2ccc(F)cc2)c(=S)s1)NNC(=O)c1ccco1. The van der Waals surface area contributed by atoms with Crippen molar-refractivity contribution in [2.24, 2.45) is 0 Å². The van der Waals surface area contributed by atoms with Gasteiger partial charge in [0.25, 0.3) is 0 Å². The average molecular weight is 410 g/mol.